The normalized spacial score (nSPS) is 11.1. The highest BCUT2D eigenvalue weighted by Gasteiger charge is 2.24. The van der Waals surface area contributed by atoms with E-state index in [4.69, 9.17) is 0 Å². The fourth-order valence-electron chi connectivity index (χ4n) is 2.60. The van der Waals surface area contributed by atoms with Crippen molar-refractivity contribution < 1.29 is 18.1 Å². The quantitative estimate of drug-likeness (QED) is 0.437. The Hall–Kier alpha value is -3.24. The van der Waals surface area contributed by atoms with Crippen molar-refractivity contribution in [2.45, 2.75) is 18.4 Å². The minimum Gasteiger partial charge on any atom is -0.347 e. The van der Waals surface area contributed by atoms with Gasteiger partial charge < -0.3 is 5.32 Å². The average Bonchev–Trinajstić information content (AvgIpc) is 3.19. The summed E-state index contributed by atoms with van der Waals surface area (Å²) in [6.07, 6.45) is 0. The molecule has 0 saturated heterocycles. The Morgan fingerprint density at radius 2 is 1.79 bits per heavy atom. The number of nitrogens with one attached hydrogen (secondary N) is 2. The van der Waals surface area contributed by atoms with Crippen molar-refractivity contribution in [3.8, 4) is 0 Å². The molecule has 3 rings (SSSR count). The van der Waals surface area contributed by atoms with E-state index >= 15 is 0 Å². The molecule has 8 nitrogen and oxygen atoms in total. The van der Waals surface area contributed by atoms with Crippen molar-refractivity contribution in [2.75, 3.05) is 4.72 Å². The summed E-state index contributed by atoms with van der Waals surface area (Å²) in [6.45, 7) is 1.79. The lowest BCUT2D eigenvalue weighted by Crippen LogP contribution is -2.25. The Bertz CT molecular complexity index is 1150. The molecule has 0 atom stereocenters. The maximum atomic E-state index is 12.7. The summed E-state index contributed by atoms with van der Waals surface area (Å²) in [5.41, 5.74) is 1.57. The molecule has 0 unspecified atom stereocenters. The van der Waals surface area contributed by atoms with Gasteiger partial charge in [-0.05, 0) is 30.5 Å². The largest absolute Gasteiger partial charge is 0.347 e. The summed E-state index contributed by atoms with van der Waals surface area (Å²) in [5.74, 6) is -0.623. The third-order valence-corrected chi connectivity index (χ3v) is 6.52. The number of anilines is 1. The molecule has 2 aromatic carbocycles. The smallest absolute Gasteiger partial charge is 0.274 e. The van der Waals surface area contributed by atoms with Crippen LogP contribution in [0.3, 0.4) is 0 Å². The lowest BCUT2D eigenvalue weighted by Gasteiger charge is -2.10. The molecule has 0 saturated carbocycles. The first-order valence-corrected chi connectivity index (χ1v) is 10.8. The van der Waals surface area contributed by atoms with Crippen molar-refractivity contribution in [1.82, 2.24) is 5.32 Å². The Morgan fingerprint density at radius 3 is 2.48 bits per heavy atom. The number of carbonyl (C=O) groups is 1. The van der Waals surface area contributed by atoms with Crippen molar-refractivity contribution in [3.05, 3.63) is 86.1 Å². The lowest BCUT2D eigenvalue weighted by atomic mass is 10.2. The Morgan fingerprint density at radius 1 is 1.10 bits per heavy atom. The van der Waals surface area contributed by atoms with E-state index in [0.29, 0.717) is 11.3 Å². The number of hydrogen-bond acceptors (Lipinski definition) is 6. The van der Waals surface area contributed by atoms with Crippen LogP contribution < -0.4 is 10.0 Å². The number of aryl methyl sites for hydroxylation is 1. The van der Waals surface area contributed by atoms with Crippen molar-refractivity contribution >= 4 is 38.6 Å². The number of nitrogens with zero attached hydrogens (tertiary/aromatic N) is 1. The molecular weight excluding hydrogens is 414 g/mol. The first-order chi connectivity index (χ1) is 13.8. The van der Waals surface area contributed by atoms with Crippen molar-refractivity contribution in [1.29, 1.82) is 0 Å². The molecule has 2 N–H and O–H groups in total. The topological polar surface area (TPSA) is 118 Å². The van der Waals surface area contributed by atoms with Crippen LogP contribution in [0.5, 0.6) is 0 Å². The van der Waals surface area contributed by atoms with Crippen LogP contribution in [-0.2, 0) is 16.6 Å². The van der Waals surface area contributed by atoms with Crippen molar-refractivity contribution in [3.63, 3.8) is 0 Å². The van der Waals surface area contributed by atoms with Crippen LogP contribution in [0.2, 0.25) is 0 Å². The van der Waals surface area contributed by atoms with Gasteiger partial charge in [0.25, 0.3) is 21.6 Å². The van der Waals surface area contributed by atoms with E-state index < -0.39 is 20.9 Å². The standard InChI is InChI=1S/C19H17N3O5S2/c1-13-6-8-15(9-7-13)21-29(26,27)17-10-11-28-18(17)19(23)20-12-14-4-2-3-5-16(14)22(24)25/h2-11,21H,12H2,1H3,(H,20,23). The van der Waals surface area contributed by atoms with E-state index in [0.717, 1.165) is 16.9 Å². The maximum absolute atomic E-state index is 12.7. The molecule has 10 heteroatoms. The van der Waals surface area contributed by atoms with E-state index in [1.807, 2.05) is 6.92 Å². The highest BCUT2D eigenvalue weighted by Crippen LogP contribution is 2.25. The molecule has 0 aliphatic rings. The number of benzene rings is 2. The van der Waals surface area contributed by atoms with Gasteiger partial charge in [-0.25, -0.2) is 8.42 Å². The molecule has 0 radical (unpaired) electrons. The third-order valence-electron chi connectivity index (χ3n) is 4.06. The van der Waals surface area contributed by atoms with Crippen LogP contribution in [0.4, 0.5) is 11.4 Å². The van der Waals surface area contributed by atoms with E-state index in [1.54, 1.807) is 30.3 Å². The van der Waals surface area contributed by atoms with Gasteiger partial charge in [0.1, 0.15) is 9.77 Å². The van der Waals surface area contributed by atoms with Gasteiger partial charge in [-0.3, -0.25) is 19.6 Å². The molecular formula is C19H17N3O5S2. The van der Waals surface area contributed by atoms with Crippen LogP contribution >= 0.6 is 11.3 Å². The molecule has 29 heavy (non-hydrogen) atoms. The number of hydrogen-bond donors (Lipinski definition) is 2. The fourth-order valence-corrected chi connectivity index (χ4v) is 5.00. The van der Waals surface area contributed by atoms with E-state index in [-0.39, 0.29) is 22.0 Å². The van der Waals surface area contributed by atoms with Gasteiger partial charge in [0.05, 0.1) is 4.92 Å². The molecule has 0 aliphatic heterocycles. The molecule has 1 heterocycles. The maximum Gasteiger partial charge on any atom is 0.274 e. The summed E-state index contributed by atoms with van der Waals surface area (Å²) in [4.78, 5) is 23.0. The summed E-state index contributed by atoms with van der Waals surface area (Å²) in [7, 11) is -3.97. The van der Waals surface area contributed by atoms with E-state index in [1.165, 1.54) is 29.6 Å². The first kappa shape index (κ1) is 20.5. The summed E-state index contributed by atoms with van der Waals surface area (Å²) in [6, 6.07) is 14.2. The van der Waals surface area contributed by atoms with Gasteiger partial charge in [0, 0.05) is 23.9 Å². The fraction of sp³-hybridized carbons (Fsp3) is 0.105. The number of carbonyl (C=O) groups excluding carboxylic acids is 1. The number of nitro benzene ring substituents is 1. The van der Waals surface area contributed by atoms with Crippen LogP contribution in [0.25, 0.3) is 0 Å². The van der Waals surface area contributed by atoms with Crippen LogP contribution in [0, 0.1) is 17.0 Å². The van der Waals surface area contributed by atoms with Gasteiger partial charge in [-0.2, -0.15) is 0 Å². The van der Waals surface area contributed by atoms with Gasteiger partial charge in [-0.15, -0.1) is 11.3 Å². The first-order valence-electron chi connectivity index (χ1n) is 8.45. The second kappa shape index (κ2) is 8.41. The second-order valence-corrected chi connectivity index (χ2v) is 8.72. The third kappa shape index (κ3) is 4.79. The second-order valence-electron chi connectivity index (χ2n) is 6.15. The molecule has 0 bridgehead atoms. The van der Waals surface area contributed by atoms with Crippen LogP contribution in [0.1, 0.15) is 20.8 Å². The van der Waals surface area contributed by atoms with E-state index in [9.17, 15) is 23.3 Å². The van der Waals surface area contributed by atoms with E-state index in [2.05, 4.69) is 10.0 Å². The number of rotatable bonds is 7. The van der Waals surface area contributed by atoms with Crippen LogP contribution in [0.15, 0.2) is 64.9 Å². The monoisotopic (exact) mass is 431 g/mol. The Balaban J connectivity index is 1.78. The number of para-hydroxylation sites is 1. The lowest BCUT2D eigenvalue weighted by molar-refractivity contribution is -0.385. The minimum absolute atomic E-state index is 0.00296. The molecule has 150 valence electrons. The highest BCUT2D eigenvalue weighted by molar-refractivity contribution is 7.93. The summed E-state index contributed by atoms with van der Waals surface area (Å²) >= 11 is 0.978. The average molecular weight is 431 g/mol. The highest BCUT2D eigenvalue weighted by atomic mass is 32.2. The van der Waals surface area contributed by atoms with Crippen LogP contribution in [-0.4, -0.2) is 19.2 Å². The van der Waals surface area contributed by atoms with Gasteiger partial charge in [0.2, 0.25) is 0 Å². The molecule has 0 fully saturated rings. The molecule has 1 amide bonds. The predicted molar refractivity (Wildman–Crippen MR) is 111 cm³/mol. The SMILES string of the molecule is Cc1ccc(NS(=O)(=O)c2ccsc2C(=O)NCc2ccccc2[N+](=O)[O-])cc1. The van der Waals surface area contributed by atoms with Crippen molar-refractivity contribution in [2.24, 2.45) is 0 Å². The Kier molecular flexibility index (Phi) is 5.95. The number of sulfonamides is 1. The zero-order chi connectivity index (χ0) is 21.0. The summed E-state index contributed by atoms with van der Waals surface area (Å²) in [5, 5.41) is 15.1. The summed E-state index contributed by atoms with van der Waals surface area (Å²) < 4.78 is 27.9. The number of nitro groups is 1. The predicted octanol–water partition coefficient (Wildman–Crippen LogP) is 3.70. The van der Waals surface area contributed by atoms with Gasteiger partial charge >= 0.3 is 0 Å². The molecule has 1 aromatic heterocycles. The molecule has 3 aromatic rings. The van der Waals surface area contributed by atoms with Gasteiger partial charge in [0.15, 0.2) is 0 Å². The zero-order valence-corrected chi connectivity index (χ0v) is 16.9. The Labute approximate surface area is 171 Å². The van der Waals surface area contributed by atoms with Gasteiger partial charge in [-0.1, -0.05) is 35.9 Å². The molecule has 0 aliphatic carbocycles. The zero-order valence-electron chi connectivity index (χ0n) is 15.3. The number of thiophene rings is 1. The molecule has 0 spiro atoms. The minimum atomic E-state index is -3.97. The number of amides is 1.